The zero-order valence-corrected chi connectivity index (χ0v) is 13.2. The van der Waals surface area contributed by atoms with Crippen molar-refractivity contribution in [2.45, 2.75) is 0 Å². The van der Waals surface area contributed by atoms with Gasteiger partial charge in [-0.25, -0.2) is 0 Å². The van der Waals surface area contributed by atoms with Crippen LogP contribution in [0.5, 0.6) is 0 Å². The van der Waals surface area contributed by atoms with Gasteiger partial charge in [0.2, 0.25) is 0 Å². The molecule has 2 aliphatic carbocycles. The molecule has 0 saturated heterocycles. The predicted molar refractivity (Wildman–Crippen MR) is 103 cm³/mol. The molecule has 0 heterocycles. The van der Waals surface area contributed by atoms with Crippen molar-refractivity contribution in [1.82, 2.24) is 0 Å². The summed E-state index contributed by atoms with van der Waals surface area (Å²) in [5.74, 6) is 0. The van der Waals surface area contributed by atoms with Crippen molar-refractivity contribution in [1.29, 1.82) is 0 Å². The molecule has 112 valence electrons. The molecular formula is C24H16. The van der Waals surface area contributed by atoms with Crippen molar-refractivity contribution in [3.8, 4) is 0 Å². The molecule has 0 heteroatoms. The second-order valence-electron chi connectivity index (χ2n) is 6.22. The van der Waals surface area contributed by atoms with E-state index in [9.17, 15) is 0 Å². The van der Waals surface area contributed by atoms with Crippen LogP contribution in [0.3, 0.4) is 0 Å². The smallest absolute Gasteiger partial charge is 0.00204 e. The van der Waals surface area contributed by atoms with Gasteiger partial charge in [0.25, 0.3) is 0 Å². The second-order valence-corrected chi connectivity index (χ2v) is 6.22. The highest BCUT2D eigenvalue weighted by Gasteiger charge is 2.25. The fourth-order valence-corrected chi connectivity index (χ4v) is 3.74. The number of hydrogen-bond donors (Lipinski definition) is 0. The molecule has 3 aromatic carbocycles. The molecule has 0 saturated carbocycles. The molecule has 0 aromatic heterocycles. The Hall–Kier alpha value is -3.12. The molecule has 2 aliphatic rings. The van der Waals surface area contributed by atoms with Crippen molar-refractivity contribution in [2.75, 3.05) is 0 Å². The topological polar surface area (TPSA) is 0 Å². The third-order valence-electron chi connectivity index (χ3n) is 4.83. The van der Waals surface area contributed by atoms with Gasteiger partial charge in [-0.05, 0) is 50.3 Å². The summed E-state index contributed by atoms with van der Waals surface area (Å²) in [6.45, 7) is 0. The van der Waals surface area contributed by atoms with Gasteiger partial charge in [0.1, 0.15) is 0 Å². The molecule has 3 aromatic rings. The summed E-state index contributed by atoms with van der Waals surface area (Å²) in [6, 6.07) is 25.9. The van der Waals surface area contributed by atoms with Crippen LogP contribution in [0.15, 0.2) is 108 Å². The fourth-order valence-electron chi connectivity index (χ4n) is 3.74. The Morgan fingerprint density at radius 1 is 0.667 bits per heavy atom. The summed E-state index contributed by atoms with van der Waals surface area (Å²) in [4.78, 5) is 0. The van der Waals surface area contributed by atoms with Crippen molar-refractivity contribution >= 4 is 21.9 Å². The maximum Gasteiger partial charge on any atom is -0.00204 e. The van der Waals surface area contributed by atoms with E-state index in [2.05, 4.69) is 97.1 Å². The Labute approximate surface area is 141 Å². The zero-order chi connectivity index (χ0) is 15.9. The van der Waals surface area contributed by atoms with E-state index >= 15 is 0 Å². The molecule has 24 heavy (non-hydrogen) atoms. The minimum atomic E-state index is 1.27. The molecule has 0 amide bonds. The van der Waals surface area contributed by atoms with Gasteiger partial charge in [0, 0.05) is 0 Å². The highest BCUT2D eigenvalue weighted by Crippen LogP contribution is 2.46. The molecule has 5 rings (SSSR count). The minimum absolute atomic E-state index is 1.27. The van der Waals surface area contributed by atoms with E-state index in [1.807, 2.05) is 0 Å². The molecule has 0 N–H and O–H groups in total. The Bertz CT molecular complexity index is 1070. The van der Waals surface area contributed by atoms with E-state index < -0.39 is 0 Å². The number of allylic oxidation sites excluding steroid dienone is 8. The van der Waals surface area contributed by atoms with Crippen LogP contribution in [0.4, 0.5) is 0 Å². The molecule has 0 nitrogen and oxygen atoms in total. The normalized spacial score (nSPS) is 15.7. The lowest BCUT2D eigenvalue weighted by Gasteiger charge is -2.13. The van der Waals surface area contributed by atoms with Gasteiger partial charge in [-0.3, -0.25) is 0 Å². The average Bonchev–Trinajstić information content (AvgIpc) is 3.23. The van der Waals surface area contributed by atoms with Crippen molar-refractivity contribution in [2.24, 2.45) is 0 Å². The van der Waals surface area contributed by atoms with Crippen LogP contribution >= 0.6 is 0 Å². The zero-order valence-electron chi connectivity index (χ0n) is 13.2. The first kappa shape index (κ1) is 13.3. The number of rotatable bonds is 2. The molecule has 0 radical (unpaired) electrons. The molecular weight excluding hydrogens is 288 g/mol. The Morgan fingerprint density at radius 3 is 2.38 bits per heavy atom. The summed E-state index contributed by atoms with van der Waals surface area (Å²) in [5, 5.41) is 2.60. The largest absolute Gasteiger partial charge is 0.0622 e. The standard InChI is InChI=1S/C24H16/c1-2-8-18(9-3-1)23-16-19-12-7-14-21(19)24(23)22-15-6-11-17-10-4-5-13-20(17)22/h1-16H. The average molecular weight is 304 g/mol. The maximum atomic E-state index is 2.32. The highest BCUT2D eigenvalue weighted by molar-refractivity contribution is 6.14. The third-order valence-corrected chi connectivity index (χ3v) is 4.83. The summed E-state index contributed by atoms with van der Waals surface area (Å²) in [7, 11) is 0. The Kier molecular flexibility index (Phi) is 2.89. The third kappa shape index (κ3) is 1.93. The lowest BCUT2D eigenvalue weighted by Crippen LogP contribution is -1.91. The van der Waals surface area contributed by atoms with Crippen LogP contribution in [-0.4, -0.2) is 0 Å². The summed E-state index contributed by atoms with van der Waals surface area (Å²) in [5.41, 5.74) is 7.90. The van der Waals surface area contributed by atoms with Crippen molar-refractivity contribution in [3.63, 3.8) is 0 Å². The molecule has 0 fully saturated rings. The van der Waals surface area contributed by atoms with Crippen LogP contribution < -0.4 is 0 Å². The molecule has 0 atom stereocenters. The van der Waals surface area contributed by atoms with Crippen LogP contribution in [0.1, 0.15) is 11.1 Å². The van der Waals surface area contributed by atoms with Crippen molar-refractivity contribution in [3.05, 3.63) is 119 Å². The summed E-state index contributed by atoms with van der Waals surface area (Å²) >= 11 is 0. The van der Waals surface area contributed by atoms with Crippen LogP contribution in [0.2, 0.25) is 0 Å². The lowest BCUT2D eigenvalue weighted by molar-refractivity contribution is 1.61. The van der Waals surface area contributed by atoms with E-state index in [-0.39, 0.29) is 0 Å². The van der Waals surface area contributed by atoms with E-state index in [0.29, 0.717) is 0 Å². The SMILES string of the molecule is C1=CC2=CC(c3ccccc3)=C(c3cccc4ccccc34)C2=C1. The number of fused-ring (bicyclic) bond motifs is 2. The Balaban J connectivity index is 1.83. The van der Waals surface area contributed by atoms with Gasteiger partial charge in [0.05, 0.1) is 0 Å². The fraction of sp³-hybridized carbons (Fsp3) is 0. The Morgan fingerprint density at radius 2 is 1.46 bits per heavy atom. The summed E-state index contributed by atoms with van der Waals surface area (Å²) in [6.07, 6.45) is 8.91. The van der Waals surface area contributed by atoms with Gasteiger partial charge in [-0.1, -0.05) is 91.0 Å². The molecule has 0 unspecified atom stereocenters. The van der Waals surface area contributed by atoms with Crippen LogP contribution in [0, 0.1) is 0 Å². The van der Waals surface area contributed by atoms with Gasteiger partial charge in [-0.15, -0.1) is 0 Å². The van der Waals surface area contributed by atoms with Gasteiger partial charge in [0.15, 0.2) is 0 Å². The minimum Gasteiger partial charge on any atom is -0.0622 e. The van der Waals surface area contributed by atoms with Crippen LogP contribution in [-0.2, 0) is 0 Å². The van der Waals surface area contributed by atoms with E-state index in [1.54, 1.807) is 0 Å². The van der Waals surface area contributed by atoms with E-state index in [4.69, 9.17) is 0 Å². The first-order chi connectivity index (χ1) is 11.9. The lowest BCUT2D eigenvalue weighted by atomic mass is 9.90. The first-order valence-corrected chi connectivity index (χ1v) is 8.30. The van der Waals surface area contributed by atoms with E-state index in [0.717, 1.165) is 0 Å². The van der Waals surface area contributed by atoms with E-state index in [1.165, 1.54) is 44.2 Å². The molecule has 0 aliphatic heterocycles. The van der Waals surface area contributed by atoms with Crippen molar-refractivity contribution < 1.29 is 0 Å². The summed E-state index contributed by atoms with van der Waals surface area (Å²) < 4.78 is 0. The van der Waals surface area contributed by atoms with Gasteiger partial charge < -0.3 is 0 Å². The molecule has 0 spiro atoms. The highest BCUT2D eigenvalue weighted by atomic mass is 14.3. The van der Waals surface area contributed by atoms with Gasteiger partial charge in [-0.2, -0.15) is 0 Å². The monoisotopic (exact) mass is 304 g/mol. The maximum absolute atomic E-state index is 2.32. The first-order valence-electron chi connectivity index (χ1n) is 8.30. The van der Waals surface area contributed by atoms with Crippen LogP contribution in [0.25, 0.3) is 21.9 Å². The van der Waals surface area contributed by atoms with Gasteiger partial charge >= 0.3 is 0 Å². The second kappa shape index (κ2) is 5.21. The quantitative estimate of drug-likeness (QED) is 0.530. The number of benzene rings is 3. The molecule has 0 bridgehead atoms. The number of hydrogen-bond acceptors (Lipinski definition) is 0. The predicted octanol–water partition coefficient (Wildman–Crippen LogP) is 6.19.